The lowest BCUT2D eigenvalue weighted by Crippen LogP contribution is -2.52. The van der Waals surface area contributed by atoms with Crippen LogP contribution in [0.15, 0.2) is 35.3 Å². The molecule has 32 heavy (non-hydrogen) atoms. The average molecular weight is 556 g/mol. The Labute approximate surface area is 208 Å². The molecule has 3 rings (SSSR count). The fourth-order valence-corrected chi connectivity index (χ4v) is 3.67. The van der Waals surface area contributed by atoms with E-state index >= 15 is 0 Å². The molecule has 9 heteroatoms. The van der Waals surface area contributed by atoms with Crippen molar-refractivity contribution in [2.24, 2.45) is 4.99 Å². The van der Waals surface area contributed by atoms with Crippen molar-refractivity contribution in [3.8, 4) is 0 Å². The van der Waals surface area contributed by atoms with Gasteiger partial charge in [-0.1, -0.05) is 18.2 Å². The maximum atomic E-state index is 10.9. The number of anilines is 1. The minimum atomic E-state index is -0.866. The van der Waals surface area contributed by atoms with Gasteiger partial charge in [0.25, 0.3) is 0 Å². The van der Waals surface area contributed by atoms with Crippen LogP contribution in [-0.2, 0) is 11.3 Å². The highest BCUT2D eigenvalue weighted by Gasteiger charge is 2.25. The predicted octanol–water partition coefficient (Wildman–Crippen LogP) is 2.06. The van der Waals surface area contributed by atoms with Crippen LogP contribution >= 0.6 is 24.0 Å². The molecule has 3 N–H and O–H groups in total. The summed E-state index contributed by atoms with van der Waals surface area (Å²) in [6, 6.07) is 10.2. The zero-order chi connectivity index (χ0) is 22.3. The number of nitrogens with one attached hydrogen (secondary N) is 2. The van der Waals surface area contributed by atoms with Crippen LogP contribution in [0.5, 0.6) is 0 Å². The first-order valence-corrected chi connectivity index (χ1v) is 11.0. The predicted molar refractivity (Wildman–Crippen MR) is 142 cm³/mol. The first-order valence-electron chi connectivity index (χ1n) is 11.0. The molecule has 0 amide bonds. The molecule has 1 unspecified atom stereocenters. The Morgan fingerprint density at radius 1 is 1.25 bits per heavy atom. The quantitative estimate of drug-likeness (QED) is 0.261. The highest BCUT2D eigenvalue weighted by atomic mass is 127. The van der Waals surface area contributed by atoms with Crippen LogP contribution in [0, 0.1) is 0 Å². The average Bonchev–Trinajstić information content (AvgIpc) is 2.75. The number of ether oxygens (including phenoxy) is 1. The van der Waals surface area contributed by atoms with Crippen LogP contribution in [0.3, 0.4) is 0 Å². The van der Waals surface area contributed by atoms with Gasteiger partial charge in [0.05, 0.1) is 30.9 Å². The van der Waals surface area contributed by atoms with Crippen LogP contribution in [0.4, 0.5) is 5.82 Å². The molecule has 0 radical (unpaired) electrons. The van der Waals surface area contributed by atoms with E-state index in [4.69, 9.17) is 14.7 Å². The number of halogens is 1. The molecule has 0 bridgehead atoms. The molecule has 1 atom stereocenters. The van der Waals surface area contributed by atoms with E-state index in [0.717, 1.165) is 55.1 Å². The van der Waals surface area contributed by atoms with Gasteiger partial charge in [-0.25, -0.2) is 9.98 Å². The summed E-state index contributed by atoms with van der Waals surface area (Å²) in [6.07, 6.45) is 0. The van der Waals surface area contributed by atoms with Gasteiger partial charge in [-0.05, 0) is 31.5 Å². The van der Waals surface area contributed by atoms with Gasteiger partial charge in [-0.3, -0.25) is 4.90 Å². The summed E-state index contributed by atoms with van der Waals surface area (Å²) in [6.45, 7) is 9.34. The molecule has 2 aromatic rings. The minimum absolute atomic E-state index is 0. The van der Waals surface area contributed by atoms with Gasteiger partial charge in [0.15, 0.2) is 5.96 Å². The summed E-state index contributed by atoms with van der Waals surface area (Å²) in [7, 11) is 3.98. The summed E-state index contributed by atoms with van der Waals surface area (Å²) in [5.74, 6) is 1.60. The van der Waals surface area contributed by atoms with Crippen molar-refractivity contribution in [1.82, 2.24) is 20.5 Å². The zero-order valence-electron chi connectivity index (χ0n) is 19.6. The number of para-hydroxylation sites is 1. The largest absolute Gasteiger partial charge is 0.387 e. The number of fused-ring (bicyclic) bond motifs is 1. The number of aromatic nitrogens is 1. The van der Waals surface area contributed by atoms with Gasteiger partial charge >= 0.3 is 0 Å². The molecular weight excluding hydrogens is 519 g/mol. The molecule has 0 spiro atoms. The second-order valence-electron chi connectivity index (χ2n) is 8.49. The fraction of sp³-hybridized carbons (Fsp3) is 0.565. The van der Waals surface area contributed by atoms with Gasteiger partial charge in [-0.15, -0.1) is 24.0 Å². The molecular formula is C23H37IN6O2. The number of benzene rings is 1. The van der Waals surface area contributed by atoms with Gasteiger partial charge in [-0.2, -0.15) is 0 Å². The molecule has 2 heterocycles. The smallest absolute Gasteiger partial charge is 0.191 e. The van der Waals surface area contributed by atoms with Crippen molar-refractivity contribution in [1.29, 1.82) is 0 Å². The number of aliphatic imine (C=N–C) groups is 1. The third-order valence-electron chi connectivity index (χ3n) is 5.30. The van der Waals surface area contributed by atoms with Crippen molar-refractivity contribution < 1.29 is 9.84 Å². The number of hydrogen-bond acceptors (Lipinski definition) is 6. The monoisotopic (exact) mass is 556 g/mol. The number of nitrogens with zero attached hydrogens (tertiary/aromatic N) is 4. The molecule has 8 nitrogen and oxygen atoms in total. The molecule has 1 saturated heterocycles. The van der Waals surface area contributed by atoms with Crippen LogP contribution in [-0.4, -0.2) is 86.6 Å². The first kappa shape index (κ1) is 26.6. The molecule has 0 saturated carbocycles. The summed E-state index contributed by atoms with van der Waals surface area (Å²) in [4.78, 5) is 13.8. The van der Waals surface area contributed by atoms with Gasteiger partial charge in [0.1, 0.15) is 5.82 Å². The topological polar surface area (TPSA) is 85.2 Å². The highest BCUT2D eigenvalue weighted by molar-refractivity contribution is 14.0. The number of pyridine rings is 1. The Morgan fingerprint density at radius 3 is 2.66 bits per heavy atom. The van der Waals surface area contributed by atoms with Crippen molar-refractivity contribution >= 4 is 46.7 Å². The standard InChI is InChI=1S/C23H36N6O2.HI/c1-5-24-22(26-16-23(2,30)17-29-10-12-31-13-11-29)25-15-18-14-21(28(3)4)27-20-9-7-6-8-19(18)20;/h6-9,14,30H,5,10-13,15-17H2,1-4H3,(H2,24,25,26);1H. The summed E-state index contributed by atoms with van der Waals surface area (Å²) >= 11 is 0. The van der Waals surface area contributed by atoms with Crippen LogP contribution < -0.4 is 15.5 Å². The number of β-amino-alcohol motifs (C(OH)–C–C–N with tert-alkyl or cyclic N) is 1. The molecule has 178 valence electrons. The third kappa shape index (κ3) is 7.72. The van der Waals surface area contributed by atoms with Crippen LogP contribution in [0.1, 0.15) is 19.4 Å². The summed E-state index contributed by atoms with van der Waals surface area (Å²) < 4.78 is 5.40. The van der Waals surface area contributed by atoms with Gasteiger partial charge < -0.3 is 25.4 Å². The van der Waals surface area contributed by atoms with Crippen molar-refractivity contribution in [2.45, 2.75) is 26.0 Å². The normalized spacial score (nSPS) is 16.8. The second kappa shape index (κ2) is 12.5. The first-order chi connectivity index (χ1) is 14.9. The Kier molecular flexibility index (Phi) is 10.4. The molecule has 1 aromatic carbocycles. The summed E-state index contributed by atoms with van der Waals surface area (Å²) in [5.41, 5.74) is 1.21. The zero-order valence-corrected chi connectivity index (χ0v) is 21.9. The van der Waals surface area contributed by atoms with E-state index in [1.807, 2.05) is 51.0 Å². The van der Waals surface area contributed by atoms with Crippen molar-refractivity contribution in [3.63, 3.8) is 0 Å². The van der Waals surface area contributed by atoms with E-state index in [1.54, 1.807) is 0 Å². The number of aliphatic hydroxyl groups is 1. The lowest BCUT2D eigenvalue weighted by Gasteiger charge is -2.34. The Bertz CT molecular complexity index is 884. The molecule has 0 aliphatic carbocycles. The van der Waals surface area contributed by atoms with Crippen LogP contribution in [0.25, 0.3) is 10.9 Å². The molecule has 1 aromatic heterocycles. The number of guanidine groups is 1. The lowest BCUT2D eigenvalue weighted by molar-refractivity contribution is -0.0201. The van der Waals surface area contributed by atoms with Gasteiger partial charge in [0, 0.05) is 52.2 Å². The Hall–Kier alpha value is -1.69. The third-order valence-corrected chi connectivity index (χ3v) is 5.30. The highest BCUT2D eigenvalue weighted by Crippen LogP contribution is 2.22. The second-order valence-corrected chi connectivity index (χ2v) is 8.49. The van der Waals surface area contributed by atoms with Crippen LogP contribution in [0.2, 0.25) is 0 Å². The molecule has 1 aliphatic rings. The van der Waals surface area contributed by atoms with Gasteiger partial charge in [0.2, 0.25) is 0 Å². The van der Waals surface area contributed by atoms with E-state index in [0.29, 0.717) is 25.6 Å². The molecule has 1 fully saturated rings. The summed E-state index contributed by atoms with van der Waals surface area (Å²) in [5, 5.41) is 18.6. The van der Waals surface area contributed by atoms with E-state index in [9.17, 15) is 5.11 Å². The van der Waals surface area contributed by atoms with Crippen molar-refractivity contribution in [3.05, 3.63) is 35.9 Å². The number of rotatable bonds is 8. The lowest BCUT2D eigenvalue weighted by atomic mass is 10.1. The fourth-order valence-electron chi connectivity index (χ4n) is 3.67. The van der Waals surface area contributed by atoms with Crippen molar-refractivity contribution in [2.75, 3.05) is 64.9 Å². The minimum Gasteiger partial charge on any atom is -0.387 e. The maximum absolute atomic E-state index is 10.9. The van der Waals surface area contributed by atoms with E-state index < -0.39 is 5.60 Å². The van der Waals surface area contributed by atoms with E-state index in [-0.39, 0.29) is 24.0 Å². The van der Waals surface area contributed by atoms with E-state index in [2.05, 4.69) is 27.7 Å². The Morgan fingerprint density at radius 2 is 1.97 bits per heavy atom. The number of hydrogen-bond donors (Lipinski definition) is 3. The molecule has 1 aliphatic heterocycles. The maximum Gasteiger partial charge on any atom is 0.191 e. The Balaban J connectivity index is 0.00000363. The number of morpholine rings is 1. The van der Waals surface area contributed by atoms with E-state index in [1.165, 1.54) is 0 Å². The SMILES string of the molecule is CCNC(=NCc1cc(N(C)C)nc2ccccc12)NCC(C)(O)CN1CCOCC1.I.